The quantitative estimate of drug-likeness (QED) is 0.855. The number of carbonyl (C=O) groups excluding carboxylic acids is 1. The summed E-state index contributed by atoms with van der Waals surface area (Å²) in [7, 11) is 0. The lowest BCUT2D eigenvalue weighted by atomic mass is 9.92. The van der Waals surface area contributed by atoms with Gasteiger partial charge in [-0.1, -0.05) is 34.6 Å². The van der Waals surface area contributed by atoms with Crippen LogP contribution in [0.2, 0.25) is 0 Å². The van der Waals surface area contributed by atoms with E-state index in [1.54, 1.807) is 0 Å². The van der Waals surface area contributed by atoms with E-state index in [1.165, 1.54) is 0 Å². The highest BCUT2D eigenvalue weighted by Crippen LogP contribution is 2.28. The first kappa shape index (κ1) is 17.0. The van der Waals surface area contributed by atoms with Crippen molar-refractivity contribution in [3.05, 3.63) is 11.8 Å². The molecule has 22 heavy (non-hydrogen) atoms. The van der Waals surface area contributed by atoms with Crippen LogP contribution in [0.25, 0.3) is 0 Å². The van der Waals surface area contributed by atoms with E-state index in [2.05, 4.69) is 44.8 Å². The molecule has 1 amide bonds. The van der Waals surface area contributed by atoms with Crippen LogP contribution in [0.3, 0.4) is 0 Å². The van der Waals surface area contributed by atoms with Gasteiger partial charge < -0.3 is 9.32 Å². The number of hydrogen-bond acceptors (Lipinski definition) is 4. The number of nitrogens with zero attached hydrogens (tertiary/aromatic N) is 3. The Morgan fingerprint density at radius 1 is 1.36 bits per heavy atom. The van der Waals surface area contributed by atoms with Crippen LogP contribution in [0.15, 0.2) is 4.42 Å². The Morgan fingerprint density at radius 3 is 2.73 bits per heavy atom. The molecule has 0 spiro atoms. The van der Waals surface area contributed by atoms with E-state index in [-0.39, 0.29) is 17.2 Å². The predicted molar refractivity (Wildman–Crippen MR) is 85.5 cm³/mol. The first-order chi connectivity index (χ1) is 10.2. The number of hydrogen-bond donors (Lipinski definition) is 0. The van der Waals surface area contributed by atoms with Gasteiger partial charge >= 0.3 is 0 Å². The van der Waals surface area contributed by atoms with Crippen molar-refractivity contribution in [2.24, 2.45) is 11.3 Å². The van der Waals surface area contributed by atoms with Gasteiger partial charge in [-0.25, -0.2) is 0 Å². The van der Waals surface area contributed by atoms with Crippen LogP contribution < -0.4 is 0 Å². The third-order valence-electron chi connectivity index (χ3n) is 3.87. The fraction of sp³-hybridized carbons (Fsp3) is 0.824. The van der Waals surface area contributed by atoms with Gasteiger partial charge in [-0.2, -0.15) is 0 Å². The van der Waals surface area contributed by atoms with Crippen LogP contribution in [0.4, 0.5) is 0 Å². The van der Waals surface area contributed by atoms with E-state index in [0.29, 0.717) is 30.7 Å². The summed E-state index contributed by atoms with van der Waals surface area (Å²) in [5.41, 5.74) is 0.135. The molecular weight excluding hydrogens is 278 g/mol. The molecule has 0 N–H and O–H groups in total. The van der Waals surface area contributed by atoms with Crippen molar-refractivity contribution >= 4 is 5.91 Å². The fourth-order valence-electron chi connectivity index (χ4n) is 2.84. The highest BCUT2D eigenvalue weighted by molar-refractivity contribution is 5.76. The minimum Gasteiger partial charge on any atom is -0.425 e. The SMILES string of the molecule is CC(C)CC(=O)N1CCCC(c2nnc(CC(C)(C)C)o2)C1. The number of piperidine rings is 1. The monoisotopic (exact) mass is 307 g/mol. The molecule has 1 fully saturated rings. The predicted octanol–water partition coefficient (Wildman–Crippen LogP) is 3.41. The van der Waals surface area contributed by atoms with Crippen molar-refractivity contribution in [1.82, 2.24) is 15.1 Å². The maximum absolute atomic E-state index is 12.2. The highest BCUT2D eigenvalue weighted by Gasteiger charge is 2.29. The summed E-state index contributed by atoms with van der Waals surface area (Å²) in [5.74, 6) is 2.23. The van der Waals surface area contributed by atoms with Crippen molar-refractivity contribution in [1.29, 1.82) is 0 Å². The number of likely N-dealkylation sites (tertiary alicyclic amines) is 1. The van der Waals surface area contributed by atoms with E-state index < -0.39 is 0 Å². The summed E-state index contributed by atoms with van der Waals surface area (Å²) >= 11 is 0. The van der Waals surface area contributed by atoms with Crippen molar-refractivity contribution in [2.45, 2.75) is 66.2 Å². The lowest BCUT2D eigenvalue weighted by Crippen LogP contribution is -2.39. The second-order valence-corrected chi connectivity index (χ2v) is 8.05. The lowest BCUT2D eigenvalue weighted by molar-refractivity contribution is -0.133. The molecule has 2 heterocycles. The van der Waals surface area contributed by atoms with Crippen LogP contribution in [-0.4, -0.2) is 34.1 Å². The van der Waals surface area contributed by atoms with Crippen LogP contribution in [0.5, 0.6) is 0 Å². The summed E-state index contributed by atoms with van der Waals surface area (Å²) in [4.78, 5) is 14.2. The van der Waals surface area contributed by atoms with E-state index in [1.807, 2.05) is 4.90 Å². The van der Waals surface area contributed by atoms with Gasteiger partial charge in [0.2, 0.25) is 17.7 Å². The summed E-state index contributed by atoms with van der Waals surface area (Å²) < 4.78 is 5.85. The van der Waals surface area contributed by atoms with Crippen LogP contribution >= 0.6 is 0 Å². The van der Waals surface area contributed by atoms with Crippen molar-refractivity contribution in [2.75, 3.05) is 13.1 Å². The number of amides is 1. The molecule has 0 bridgehead atoms. The van der Waals surface area contributed by atoms with E-state index in [9.17, 15) is 4.79 Å². The smallest absolute Gasteiger partial charge is 0.222 e. The molecule has 1 aromatic heterocycles. The van der Waals surface area contributed by atoms with E-state index in [0.717, 1.165) is 25.8 Å². The molecule has 2 rings (SSSR count). The Morgan fingerprint density at radius 2 is 2.09 bits per heavy atom. The second kappa shape index (κ2) is 6.80. The highest BCUT2D eigenvalue weighted by atomic mass is 16.4. The largest absolute Gasteiger partial charge is 0.425 e. The van der Waals surface area contributed by atoms with E-state index >= 15 is 0 Å². The van der Waals surface area contributed by atoms with Crippen molar-refractivity contribution in [3.8, 4) is 0 Å². The van der Waals surface area contributed by atoms with Gasteiger partial charge in [0.15, 0.2) is 0 Å². The Labute approximate surface area is 133 Å². The summed E-state index contributed by atoms with van der Waals surface area (Å²) in [6.07, 6.45) is 3.42. The molecule has 1 atom stereocenters. The fourth-order valence-corrected chi connectivity index (χ4v) is 2.84. The van der Waals surface area contributed by atoms with Crippen LogP contribution in [0, 0.1) is 11.3 Å². The lowest BCUT2D eigenvalue weighted by Gasteiger charge is -2.31. The second-order valence-electron chi connectivity index (χ2n) is 8.05. The molecule has 0 radical (unpaired) electrons. The molecule has 0 aromatic carbocycles. The van der Waals surface area contributed by atoms with Crippen LogP contribution in [-0.2, 0) is 11.2 Å². The zero-order valence-electron chi connectivity index (χ0n) is 14.6. The molecule has 0 saturated carbocycles. The normalized spacial score (nSPS) is 19.7. The molecule has 5 heteroatoms. The molecule has 124 valence electrons. The number of carbonyl (C=O) groups is 1. The van der Waals surface area contributed by atoms with Gasteiger partial charge in [0.05, 0.1) is 5.92 Å². The molecule has 0 aliphatic carbocycles. The first-order valence-corrected chi connectivity index (χ1v) is 8.34. The maximum atomic E-state index is 12.2. The van der Waals surface area contributed by atoms with Gasteiger partial charge in [0, 0.05) is 25.9 Å². The zero-order valence-corrected chi connectivity index (χ0v) is 14.6. The first-order valence-electron chi connectivity index (χ1n) is 8.34. The molecule has 1 aliphatic heterocycles. The van der Waals surface area contributed by atoms with E-state index in [4.69, 9.17) is 4.42 Å². The van der Waals surface area contributed by atoms with Crippen LogP contribution in [0.1, 0.15) is 71.6 Å². The Hall–Kier alpha value is -1.39. The standard InChI is InChI=1S/C17H29N3O2/c1-12(2)9-15(21)20-8-6-7-13(11-20)16-19-18-14(22-16)10-17(3,4)5/h12-13H,6-11H2,1-5H3. The topological polar surface area (TPSA) is 59.2 Å². The minimum absolute atomic E-state index is 0.135. The van der Waals surface area contributed by atoms with Gasteiger partial charge in [0.25, 0.3) is 0 Å². The molecule has 1 aliphatic rings. The van der Waals surface area contributed by atoms with Gasteiger partial charge in [-0.05, 0) is 24.2 Å². The summed E-state index contributed by atoms with van der Waals surface area (Å²) in [6.45, 7) is 12.2. The minimum atomic E-state index is 0.135. The molecule has 1 unspecified atom stereocenters. The maximum Gasteiger partial charge on any atom is 0.222 e. The Balaban J connectivity index is 1.99. The average Bonchev–Trinajstić information content (AvgIpc) is 2.84. The van der Waals surface area contributed by atoms with Gasteiger partial charge in [0.1, 0.15) is 0 Å². The number of aromatic nitrogens is 2. The average molecular weight is 307 g/mol. The molecular formula is C17H29N3O2. The van der Waals surface area contributed by atoms with Gasteiger partial charge in [-0.3, -0.25) is 4.79 Å². The van der Waals surface area contributed by atoms with Crippen molar-refractivity contribution < 1.29 is 9.21 Å². The Bertz CT molecular complexity index is 502. The molecule has 5 nitrogen and oxygen atoms in total. The van der Waals surface area contributed by atoms with Gasteiger partial charge in [-0.15, -0.1) is 10.2 Å². The summed E-state index contributed by atoms with van der Waals surface area (Å²) in [6, 6.07) is 0. The zero-order chi connectivity index (χ0) is 16.3. The third-order valence-corrected chi connectivity index (χ3v) is 3.87. The molecule has 1 saturated heterocycles. The summed E-state index contributed by atoms with van der Waals surface area (Å²) in [5, 5.41) is 8.40. The third kappa shape index (κ3) is 4.82. The Kier molecular flexibility index (Phi) is 5.24. The van der Waals surface area contributed by atoms with Crippen molar-refractivity contribution in [3.63, 3.8) is 0 Å². The molecule has 1 aromatic rings. The number of rotatable bonds is 4.